The molecule has 0 bridgehead atoms. The molecule has 4 rings (SSSR count). The lowest BCUT2D eigenvalue weighted by atomic mass is 10.2. The molecule has 3 heterocycles. The normalized spacial score (nSPS) is 11.0. The molecule has 0 unspecified atom stereocenters. The van der Waals surface area contributed by atoms with Crippen LogP contribution < -0.4 is 5.32 Å². The van der Waals surface area contributed by atoms with E-state index in [1.807, 2.05) is 35.0 Å². The number of fused-ring (bicyclic) bond motifs is 1. The molecule has 130 valence electrons. The van der Waals surface area contributed by atoms with E-state index in [-0.39, 0.29) is 5.56 Å². The van der Waals surface area contributed by atoms with Crippen molar-refractivity contribution >= 4 is 33.2 Å². The maximum atomic E-state index is 13.4. The molecule has 6 nitrogen and oxygen atoms in total. The second-order valence-electron chi connectivity index (χ2n) is 5.70. The number of imidazole rings is 1. The van der Waals surface area contributed by atoms with E-state index in [9.17, 15) is 9.18 Å². The number of carbonyl (C=O) groups excluding carboxylic acids is 1. The molecule has 0 aliphatic rings. The largest absolute Gasteiger partial charge is 0.319 e. The number of nitrogens with zero attached hydrogens (tertiary/aromatic N) is 4. The molecule has 26 heavy (non-hydrogen) atoms. The lowest BCUT2D eigenvalue weighted by molar-refractivity contribution is 0.102. The molecular weight excluding hydrogens is 401 g/mol. The number of aromatic nitrogens is 4. The number of anilines is 1. The minimum Gasteiger partial charge on any atom is -0.319 e. The summed E-state index contributed by atoms with van der Waals surface area (Å²) in [6.07, 6.45) is 7.10. The molecule has 4 aromatic rings. The first-order valence-corrected chi connectivity index (χ1v) is 8.59. The van der Waals surface area contributed by atoms with Crippen LogP contribution in [0.15, 0.2) is 65.7 Å². The number of carbonyl (C=O) groups is 1. The second kappa shape index (κ2) is 6.72. The van der Waals surface area contributed by atoms with Crippen molar-refractivity contribution in [2.24, 2.45) is 0 Å². The maximum Gasteiger partial charge on any atom is 0.256 e. The third kappa shape index (κ3) is 3.36. The predicted octanol–water partition coefficient (Wildman–Crippen LogP) is 3.73. The predicted molar refractivity (Wildman–Crippen MR) is 98.6 cm³/mol. The van der Waals surface area contributed by atoms with E-state index in [1.54, 1.807) is 17.1 Å². The second-order valence-corrected chi connectivity index (χ2v) is 6.56. The van der Waals surface area contributed by atoms with Gasteiger partial charge in [0.25, 0.3) is 5.91 Å². The van der Waals surface area contributed by atoms with Gasteiger partial charge in [0.2, 0.25) is 0 Å². The highest BCUT2D eigenvalue weighted by atomic mass is 79.9. The van der Waals surface area contributed by atoms with E-state index in [0.29, 0.717) is 16.7 Å². The summed E-state index contributed by atoms with van der Waals surface area (Å²) in [5.74, 6) is -0.885. The summed E-state index contributed by atoms with van der Waals surface area (Å²) in [5.41, 5.74) is 2.46. The minimum atomic E-state index is -0.471. The monoisotopic (exact) mass is 413 g/mol. The van der Waals surface area contributed by atoms with E-state index in [2.05, 4.69) is 31.3 Å². The molecule has 0 saturated heterocycles. The zero-order valence-electron chi connectivity index (χ0n) is 13.4. The Morgan fingerprint density at radius 2 is 2.12 bits per heavy atom. The van der Waals surface area contributed by atoms with Gasteiger partial charge in [0.1, 0.15) is 11.5 Å². The molecule has 0 atom stereocenters. The van der Waals surface area contributed by atoms with Crippen LogP contribution in [-0.2, 0) is 6.54 Å². The fourth-order valence-corrected chi connectivity index (χ4v) is 3.04. The van der Waals surface area contributed by atoms with Crippen LogP contribution in [0.4, 0.5) is 10.1 Å². The van der Waals surface area contributed by atoms with E-state index >= 15 is 0 Å². The van der Waals surface area contributed by atoms with Gasteiger partial charge in [0, 0.05) is 23.1 Å². The molecule has 0 fully saturated rings. The number of pyridine rings is 1. The molecule has 0 spiro atoms. The van der Waals surface area contributed by atoms with Gasteiger partial charge in [0.05, 0.1) is 29.7 Å². The fourth-order valence-electron chi connectivity index (χ4n) is 2.61. The standard InChI is InChI=1S/C18H13BrFN5O/c19-16-5-4-12(20)7-15(16)18(26)23-13-8-21-25(10-13)11-14-9-24-6-2-1-3-17(24)22-14/h1-10H,11H2,(H,23,26). The third-order valence-electron chi connectivity index (χ3n) is 3.80. The van der Waals surface area contributed by atoms with Crippen molar-refractivity contribution in [3.8, 4) is 0 Å². The lowest BCUT2D eigenvalue weighted by Gasteiger charge is -2.05. The van der Waals surface area contributed by atoms with Crippen LogP contribution in [0.25, 0.3) is 5.65 Å². The highest BCUT2D eigenvalue weighted by molar-refractivity contribution is 9.10. The first kappa shape index (κ1) is 16.5. The van der Waals surface area contributed by atoms with E-state index in [4.69, 9.17) is 0 Å². The average Bonchev–Trinajstić information content (AvgIpc) is 3.23. The van der Waals surface area contributed by atoms with Crippen LogP contribution in [0.1, 0.15) is 16.1 Å². The molecule has 1 N–H and O–H groups in total. The molecule has 8 heteroatoms. The molecule has 1 aromatic carbocycles. The van der Waals surface area contributed by atoms with Crippen LogP contribution in [0, 0.1) is 5.82 Å². The Hall–Kier alpha value is -3.00. The maximum absolute atomic E-state index is 13.4. The SMILES string of the molecule is O=C(Nc1cnn(Cc2cn3ccccc3n2)c1)c1cc(F)ccc1Br. The van der Waals surface area contributed by atoms with Gasteiger partial charge in [0.15, 0.2) is 0 Å². The van der Waals surface area contributed by atoms with Gasteiger partial charge in [-0.3, -0.25) is 9.48 Å². The summed E-state index contributed by atoms with van der Waals surface area (Å²) < 4.78 is 17.5. The summed E-state index contributed by atoms with van der Waals surface area (Å²) in [7, 11) is 0. The third-order valence-corrected chi connectivity index (χ3v) is 4.49. The minimum absolute atomic E-state index is 0.220. The Labute approximate surface area is 156 Å². The van der Waals surface area contributed by atoms with Crippen LogP contribution in [-0.4, -0.2) is 25.1 Å². The molecule has 3 aromatic heterocycles. The van der Waals surface area contributed by atoms with Gasteiger partial charge in [-0.25, -0.2) is 9.37 Å². The topological polar surface area (TPSA) is 64.2 Å². The van der Waals surface area contributed by atoms with Crippen molar-refractivity contribution in [2.75, 3.05) is 5.32 Å². The Bertz CT molecular complexity index is 1070. The van der Waals surface area contributed by atoms with E-state index in [0.717, 1.165) is 11.3 Å². The van der Waals surface area contributed by atoms with Crippen molar-refractivity contribution in [2.45, 2.75) is 6.54 Å². The summed E-state index contributed by atoms with van der Waals surface area (Å²) in [4.78, 5) is 16.8. The number of hydrogen-bond acceptors (Lipinski definition) is 3. The molecule has 0 saturated carbocycles. The fraction of sp³-hybridized carbons (Fsp3) is 0.0556. The summed E-state index contributed by atoms with van der Waals surface area (Å²) in [6, 6.07) is 9.75. The average molecular weight is 414 g/mol. The number of nitrogens with one attached hydrogen (secondary N) is 1. The number of rotatable bonds is 4. The number of hydrogen-bond donors (Lipinski definition) is 1. The van der Waals surface area contributed by atoms with Gasteiger partial charge in [-0.05, 0) is 46.3 Å². The van der Waals surface area contributed by atoms with Crippen LogP contribution in [0.3, 0.4) is 0 Å². The molecular formula is C18H13BrFN5O. The van der Waals surface area contributed by atoms with Gasteiger partial charge in [-0.1, -0.05) is 6.07 Å². The highest BCUT2D eigenvalue weighted by Gasteiger charge is 2.13. The zero-order chi connectivity index (χ0) is 18.1. The number of amides is 1. The van der Waals surface area contributed by atoms with Crippen molar-refractivity contribution in [3.05, 3.63) is 82.7 Å². The van der Waals surface area contributed by atoms with Crippen LogP contribution in [0.2, 0.25) is 0 Å². The summed E-state index contributed by atoms with van der Waals surface area (Å²) in [6.45, 7) is 0.473. The lowest BCUT2D eigenvalue weighted by Crippen LogP contribution is -2.12. The summed E-state index contributed by atoms with van der Waals surface area (Å²) >= 11 is 3.25. The Balaban J connectivity index is 1.49. The quantitative estimate of drug-likeness (QED) is 0.554. The smallest absolute Gasteiger partial charge is 0.256 e. The van der Waals surface area contributed by atoms with Gasteiger partial charge in [-0.2, -0.15) is 5.10 Å². The highest BCUT2D eigenvalue weighted by Crippen LogP contribution is 2.19. The Morgan fingerprint density at radius 1 is 1.23 bits per heavy atom. The van der Waals surface area contributed by atoms with Gasteiger partial charge < -0.3 is 9.72 Å². The van der Waals surface area contributed by atoms with Crippen molar-refractivity contribution in [1.82, 2.24) is 19.2 Å². The van der Waals surface area contributed by atoms with Gasteiger partial charge >= 0.3 is 0 Å². The number of halogens is 2. The van der Waals surface area contributed by atoms with Gasteiger partial charge in [-0.15, -0.1) is 0 Å². The first-order valence-electron chi connectivity index (χ1n) is 7.80. The summed E-state index contributed by atoms with van der Waals surface area (Å²) in [5, 5.41) is 6.95. The molecule has 0 radical (unpaired) electrons. The molecule has 0 aliphatic heterocycles. The Kier molecular flexibility index (Phi) is 4.26. The van der Waals surface area contributed by atoms with Crippen LogP contribution in [0.5, 0.6) is 0 Å². The molecule has 1 amide bonds. The van der Waals surface area contributed by atoms with Crippen molar-refractivity contribution in [3.63, 3.8) is 0 Å². The van der Waals surface area contributed by atoms with E-state index in [1.165, 1.54) is 18.2 Å². The van der Waals surface area contributed by atoms with Crippen molar-refractivity contribution in [1.29, 1.82) is 0 Å². The van der Waals surface area contributed by atoms with E-state index < -0.39 is 11.7 Å². The number of benzene rings is 1. The molecule has 0 aliphatic carbocycles. The Morgan fingerprint density at radius 3 is 2.96 bits per heavy atom. The first-order chi connectivity index (χ1) is 12.6. The van der Waals surface area contributed by atoms with Crippen molar-refractivity contribution < 1.29 is 9.18 Å². The zero-order valence-corrected chi connectivity index (χ0v) is 15.0. The van der Waals surface area contributed by atoms with Crippen LogP contribution >= 0.6 is 15.9 Å².